The van der Waals surface area contributed by atoms with Crippen LogP contribution in [0.5, 0.6) is 0 Å². The second-order valence-corrected chi connectivity index (χ2v) is 2.21. The smallest absolute Gasteiger partial charge is 0.243 e. The van der Waals surface area contributed by atoms with Crippen molar-refractivity contribution in [2.45, 2.75) is 13.3 Å². The zero-order valence-corrected chi connectivity index (χ0v) is 7.58. The summed E-state index contributed by atoms with van der Waals surface area (Å²) in [4.78, 5) is 10.7. The summed E-state index contributed by atoms with van der Waals surface area (Å²) in [5, 5.41) is 2.50. The monoisotopic (exact) mass is 165 g/mol. The van der Waals surface area contributed by atoms with Gasteiger partial charge in [0.05, 0.1) is 0 Å². The average molecular weight is 165 g/mol. The zero-order valence-electron chi connectivity index (χ0n) is 7.58. The van der Waals surface area contributed by atoms with Crippen molar-refractivity contribution in [3.8, 4) is 0 Å². The van der Waals surface area contributed by atoms with Gasteiger partial charge in [-0.15, -0.1) is 0 Å². The lowest BCUT2D eigenvalue weighted by Crippen LogP contribution is -2.13. The molecule has 0 aromatic rings. The van der Waals surface area contributed by atoms with Crippen molar-refractivity contribution in [2.24, 2.45) is 0 Å². The Morgan fingerprint density at radius 1 is 1.33 bits per heavy atom. The Bertz CT molecular complexity index is 202. The van der Waals surface area contributed by atoms with Gasteiger partial charge in [0.1, 0.15) is 0 Å². The van der Waals surface area contributed by atoms with E-state index in [2.05, 4.69) is 5.32 Å². The van der Waals surface area contributed by atoms with Crippen LogP contribution in [0.25, 0.3) is 0 Å². The fourth-order valence-corrected chi connectivity index (χ4v) is 0.605. The van der Waals surface area contributed by atoms with Crippen LogP contribution in [0.15, 0.2) is 36.5 Å². The zero-order chi connectivity index (χ0) is 9.23. The Kier molecular flexibility index (Phi) is 6.94. The van der Waals surface area contributed by atoms with Crippen LogP contribution in [-0.2, 0) is 4.79 Å². The molecule has 0 heterocycles. The van der Waals surface area contributed by atoms with Crippen molar-refractivity contribution < 1.29 is 4.79 Å². The SMILES string of the molecule is C/C=C\C=C/C/C=C/C(=O)NC. The number of carbonyl (C=O) groups excluding carboxylic acids is 1. The Hall–Kier alpha value is -1.31. The average Bonchev–Trinajstić information content (AvgIpc) is 2.10. The van der Waals surface area contributed by atoms with Crippen LogP contribution in [0.2, 0.25) is 0 Å². The highest BCUT2D eigenvalue weighted by Gasteiger charge is 1.83. The van der Waals surface area contributed by atoms with E-state index in [-0.39, 0.29) is 5.91 Å². The molecule has 0 saturated carbocycles. The molecule has 0 radical (unpaired) electrons. The molecule has 0 unspecified atom stereocenters. The van der Waals surface area contributed by atoms with Gasteiger partial charge in [-0.2, -0.15) is 0 Å². The first-order valence-corrected chi connectivity index (χ1v) is 3.97. The number of carbonyl (C=O) groups is 1. The summed E-state index contributed by atoms with van der Waals surface area (Å²) in [5.74, 6) is -0.0607. The first-order chi connectivity index (χ1) is 5.81. The Morgan fingerprint density at radius 3 is 2.67 bits per heavy atom. The maximum atomic E-state index is 10.7. The summed E-state index contributed by atoms with van der Waals surface area (Å²) in [7, 11) is 1.61. The fraction of sp³-hybridized carbons (Fsp3) is 0.300. The summed E-state index contributed by atoms with van der Waals surface area (Å²) in [5.41, 5.74) is 0. The molecule has 2 nitrogen and oxygen atoms in total. The van der Waals surface area contributed by atoms with Gasteiger partial charge in [0, 0.05) is 7.05 Å². The second kappa shape index (κ2) is 7.79. The Morgan fingerprint density at radius 2 is 2.08 bits per heavy atom. The number of rotatable bonds is 4. The first-order valence-electron chi connectivity index (χ1n) is 3.97. The van der Waals surface area contributed by atoms with Crippen LogP contribution in [0, 0.1) is 0 Å². The number of amides is 1. The molecule has 0 aromatic carbocycles. The van der Waals surface area contributed by atoms with Crippen LogP contribution in [0.4, 0.5) is 0 Å². The van der Waals surface area contributed by atoms with E-state index in [4.69, 9.17) is 0 Å². The number of hydrogen-bond donors (Lipinski definition) is 1. The number of allylic oxidation sites excluding steroid dienone is 5. The van der Waals surface area contributed by atoms with E-state index in [1.807, 2.05) is 37.3 Å². The van der Waals surface area contributed by atoms with Crippen molar-refractivity contribution in [3.63, 3.8) is 0 Å². The highest BCUT2D eigenvalue weighted by atomic mass is 16.1. The van der Waals surface area contributed by atoms with E-state index in [9.17, 15) is 4.79 Å². The number of nitrogens with one attached hydrogen (secondary N) is 1. The Balaban J connectivity index is 3.55. The van der Waals surface area contributed by atoms with E-state index >= 15 is 0 Å². The minimum atomic E-state index is -0.0607. The minimum Gasteiger partial charge on any atom is -0.356 e. The van der Waals surface area contributed by atoms with Crippen LogP contribution < -0.4 is 5.32 Å². The van der Waals surface area contributed by atoms with Crippen molar-refractivity contribution in [1.29, 1.82) is 0 Å². The largest absolute Gasteiger partial charge is 0.356 e. The van der Waals surface area contributed by atoms with Gasteiger partial charge in [-0.3, -0.25) is 4.79 Å². The topological polar surface area (TPSA) is 29.1 Å². The van der Waals surface area contributed by atoms with E-state index in [0.29, 0.717) is 0 Å². The lowest BCUT2D eigenvalue weighted by Gasteiger charge is -1.87. The molecule has 0 atom stereocenters. The highest BCUT2D eigenvalue weighted by Crippen LogP contribution is 1.86. The van der Waals surface area contributed by atoms with Gasteiger partial charge >= 0.3 is 0 Å². The molecule has 66 valence electrons. The predicted molar refractivity (Wildman–Crippen MR) is 51.8 cm³/mol. The van der Waals surface area contributed by atoms with Gasteiger partial charge in [0.2, 0.25) is 5.91 Å². The first kappa shape index (κ1) is 10.7. The molecule has 0 aliphatic heterocycles. The second-order valence-electron chi connectivity index (χ2n) is 2.21. The van der Waals surface area contributed by atoms with Crippen molar-refractivity contribution in [3.05, 3.63) is 36.5 Å². The van der Waals surface area contributed by atoms with Gasteiger partial charge < -0.3 is 5.32 Å². The van der Waals surface area contributed by atoms with Crippen LogP contribution in [0.1, 0.15) is 13.3 Å². The van der Waals surface area contributed by atoms with Gasteiger partial charge in [-0.25, -0.2) is 0 Å². The van der Waals surface area contributed by atoms with E-state index in [0.717, 1.165) is 6.42 Å². The third-order valence-corrected chi connectivity index (χ3v) is 1.23. The molecular weight excluding hydrogens is 150 g/mol. The van der Waals surface area contributed by atoms with Crippen LogP contribution >= 0.6 is 0 Å². The minimum absolute atomic E-state index is 0.0607. The normalized spacial score (nSPS) is 11.8. The molecule has 1 N–H and O–H groups in total. The quantitative estimate of drug-likeness (QED) is 0.499. The van der Waals surface area contributed by atoms with Crippen molar-refractivity contribution in [2.75, 3.05) is 7.05 Å². The molecule has 0 aromatic heterocycles. The maximum absolute atomic E-state index is 10.7. The fourth-order valence-electron chi connectivity index (χ4n) is 0.605. The lowest BCUT2D eigenvalue weighted by molar-refractivity contribution is -0.116. The predicted octanol–water partition coefficient (Wildman–Crippen LogP) is 1.81. The Labute approximate surface area is 73.7 Å². The van der Waals surface area contributed by atoms with E-state index in [1.54, 1.807) is 7.05 Å². The van der Waals surface area contributed by atoms with Gasteiger partial charge in [-0.1, -0.05) is 30.4 Å². The summed E-state index contributed by atoms with van der Waals surface area (Å²) in [6.45, 7) is 1.96. The van der Waals surface area contributed by atoms with Crippen LogP contribution in [-0.4, -0.2) is 13.0 Å². The molecule has 2 heteroatoms. The van der Waals surface area contributed by atoms with Crippen molar-refractivity contribution >= 4 is 5.91 Å². The van der Waals surface area contributed by atoms with Gasteiger partial charge in [0.15, 0.2) is 0 Å². The molecule has 12 heavy (non-hydrogen) atoms. The maximum Gasteiger partial charge on any atom is 0.243 e. The standard InChI is InChI=1S/C10H15NO/c1-3-4-5-6-7-8-9-10(12)11-2/h3-6,8-9H,7H2,1-2H3,(H,11,12)/b4-3-,6-5-,9-8+. The highest BCUT2D eigenvalue weighted by molar-refractivity contribution is 5.87. The molecule has 1 amide bonds. The number of likely N-dealkylation sites (N-methyl/N-ethyl adjacent to an activating group) is 1. The molecule has 0 rings (SSSR count). The molecule has 0 bridgehead atoms. The molecule has 0 saturated heterocycles. The summed E-state index contributed by atoms with van der Waals surface area (Å²) < 4.78 is 0. The summed E-state index contributed by atoms with van der Waals surface area (Å²) >= 11 is 0. The number of hydrogen-bond acceptors (Lipinski definition) is 1. The van der Waals surface area contributed by atoms with Gasteiger partial charge in [-0.05, 0) is 19.4 Å². The lowest BCUT2D eigenvalue weighted by atomic mass is 10.3. The molecular formula is C10H15NO. The van der Waals surface area contributed by atoms with Gasteiger partial charge in [0.25, 0.3) is 0 Å². The third kappa shape index (κ3) is 6.81. The molecule has 0 spiro atoms. The summed E-state index contributed by atoms with van der Waals surface area (Å²) in [6.07, 6.45) is 12.0. The molecule has 0 aliphatic rings. The third-order valence-electron chi connectivity index (χ3n) is 1.23. The molecule has 0 fully saturated rings. The summed E-state index contributed by atoms with van der Waals surface area (Å²) in [6, 6.07) is 0. The van der Waals surface area contributed by atoms with Crippen molar-refractivity contribution in [1.82, 2.24) is 5.32 Å². The van der Waals surface area contributed by atoms with Crippen LogP contribution in [0.3, 0.4) is 0 Å². The van der Waals surface area contributed by atoms with E-state index < -0.39 is 0 Å². The molecule has 0 aliphatic carbocycles. The van der Waals surface area contributed by atoms with E-state index in [1.165, 1.54) is 6.08 Å².